The molecular weight excluding hydrogens is 517 g/mol. The molecule has 4 amide bonds. The zero-order chi connectivity index (χ0) is 27.9. The van der Waals surface area contributed by atoms with Crippen molar-refractivity contribution in [3.8, 4) is 0 Å². The van der Waals surface area contributed by atoms with Gasteiger partial charge >= 0.3 is 7.82 Å². The van der Waals surface area contributed by atoms with Crippen molar-refractivity contribution in [3.63, 3.8) is 0 Å². The summed E-state index contributed by atoms with van der Waals surface area (Å²) in [5.74, 6) is -3.35. The smallest absolute Gasteiger partial charge is 0.394 e. The van der Waals surface area contributed by atoms with Crippen LogP contribution in [0.15, 0.2) is 0 Å². The van der Waals surface area contributed by atoms with Gasteiger partial charge in [-0.1, -0.05) is 0 Å². The van der Waals surface area contributed by atoms with Crippen molar-refractivity contribution < 1.29 is 53.1 Å². The van der Waals surface area contributed by atoms with Gasteiger partial charge in [-0.3, -0.25) is 23.7 Å². The molecule has 2 rings (SSSR count). The molecule has 8 N–H and O–H groups in total. The maximum Gasteiger partial charge on any atom is 0.469 e. The van der Waals surface area contributed by atoms with E-state index in [0.29, 0.717) is 25.5 Å². The predicted octanol–water partition coefficient (Wildman–Crippen LogP) is -4.05. The van der Waals surface area contributed by atoms with E-state index in [1.165, 1.54) is 11.8 Å². The first-order chi connectivity index (χ1) is 17.3. The van der Waals surface area contributed by atoms with E-state index in [4.69, 9.17) is 20.6 Å². The van der Waals surface area contributed by atoms with Gasteiger partial charge in [-0.2, -0.15) is 0 Å². The molecule has 6 atom stereocenters. The molecule has 0 bridgehead atoms. The number of carbonyl (C=O) groups excluding carboxylic acids is 5. The Morgan fingerprint density at radius 2 is 1.73 bits per heavy atom. The highest BCUT2D eigenvalue weighted by Gasteiger charge is 2.40. The lowest BCUT2D eigenvalue weighted by Crippen LogP contribution is -2.61. The largest absolute Gasteiger partial charge is 0.469 e. The van der Waals surface area contributed by atoms with Crippen molar-refractivity contribution in [1.29, 1.82) is 0 Å². The standard InChI is InChI=1S/C20H34N5O11P/c1-11(28)16(23-17(29)15-5-3-7-25(15)19(31)13(21)9-27)18(30)22-14(10-36-37(33,34)35)20(32)24-6-2-4-12(24)8-26/h8,11-16,27-28H,2-7,9-10,21H2,1H3,(H,22,30)(H,23,29)(H2,33,34,35)/t11-,12+,13+,14+,15+,16+/m1/s1. The maximum absolute atomic E-state index is 13.0. The molecule has 2 aliphatic rings. The van der Waals surface area contributed by atoms with E-state index in [9.17, 15) is 33.6 Å². The van der Waals surface area contributed by atoms with E-state index in [2.05, 4.69) is 15.2 Å². The number of likely N-dealkylation sites (tertiary alicyclic amines) is 2. The lowest BCUT2D eigenvalue weighted by atomic mass is 10.1. The van der Waals surface area contributed by atoms with E-state index in [0.717, 1.165) is 4.90 Å². The van der Waals surface area contributed by atoms with Crippen LogP contribution in [0.5, 0.6) is 0 Å². The molecule has 16 nitrogen and oxygen atoms in total. The molecule has 0 aliphatic carbocycles. The molecule has 0 radical (unpaired) electrons. The van der Waals surface area contributed by atoms with Gasteiger partial charge < -0.3 is 51.0 Å². The molecule has 0 saturated carbocycles. The molecule has 0 aromatic carbocycles. The van der Waals surface area contributed by atoms with Crippen LogP contribution in [-0.2, 0) is 33.1 Å². The normalized spacial score (nSPS) is 23.2. The molecular formula is C20H34N5O11P. The summed E-state index contributed by atoms with van der Waals surface area (Å²) in [7, 11) is -5.04. The third-order valence-corrected chi connectivity index (χ3v) is 6.66. The average molecular weight is 551 g/mol. The van der Waals surface area contributed by atoms with Gasteiger partial charge in [-0.05, 0) is 32.6 Å². The zero-order valence-corrected chi connectivity index (χ0v) is 21.2. The van der Waals surface area contributed by atoms with Gasteiger partial charge in [0.2, 0.25) is 23.6 Å². The highest BCUT2D eigenvalue weighted by atomic mass is 31.2. The number of aldehydes is 1. The summed E-state index contributed by atoms with van der Waals surface area (Å²) >= 11 is 0. The molecule has 37 heavy (non-hydrogen) atoms. The summed E-state index contributed by atoms with van der Waals surface area (Å²) in [4.78, 5) is 83.0. The van der Waals surface area contributed by atoms with Gasteiger partial charge in [0, 0.05) is 13.1 Å². The molecule has 2 heterocycles. The number of hydrogen-bond donors (Lipinski definition) is 7. The Kier molecular flexibility index (Phi) is 11.1. The second kappa shape index (κ2) is 13.4. The van der Waals surface area contributed by atoms with Crippen molar-refractivity contribution in [2.45, 2.75) is 68.9 Å². The molecule has 0 aromatic rings. The predicted molar refractivity (Wildman–Crippen MR) is 124 cm³/mol. The lowest BCUT2D eigenvalue weighted by Gasteiger charge is -2.30. The number of nitrogens with one attached hydrogen (secondary N) is 2. The van der Waals surface area contributed by atoms with E-state index >= 15 is 0 Å². The highest BCUT2D eigenvalue weighted by molar-refractivity contribution is 7.46. The van der Waals surface area contributed by atoms with Gasteiger partial charge in [0.15, 0.2) is 0 Å². The number of hydrogen-bond acceptors (Lipinski definition) is 10. The van der Waals surface area contributed by atoms with E-state index in [1.54, 1.807) is 0 Å². The van der Waals surface area contributed by atoms with Gasteiger partial charge in [0.25, 0.3) is 0 Å². The number of aliphatic hydroxyl groups is 2. The minimum Gasteiger partial charge on any atom is -0.394 e. The number of nitrogens with two attached hydrogens (primary N) is 1. The van der Waals surface area contributed by atoms with Crippen LogP contribution in [0.4, 0.5) is 0 Å². The number of amides is 4. The topological polar surface area (TPSA) is 249 Å². The van der Waals surface area contributed by atoms with E-state index in [1.807, 2.05) is 0 Å². The van der Waals surface area contributed by atoms with Crippen LogP contribution in [0.25, 0.3) is 0 Å². The van der Waals surface area contributed by atoms with Gasteiger partial charge in [-0.15, -0.1) is 0 Å². The summed E-state index contributed by atoms with van der Waals surface area (Å²) in [5, 5.41) is 23.9. The summed E-state index contributed by atoms with van der Waals surface area (Å²) in [5.41, 5.74) is 5.57. The van der Waals surface area contributed by atoms with Gasteiger partial charge in [0.1, 0.15) is 30.5 Å². The number of carbonyl (C=O) groups is 5. The molecule has 0 unspecified atom stereocenters. The molecule has 210 valence electrons. The Bertz CT molecular complexity index is 913. The first-order valence-electron chi connectivity index (χ1n) is 11.7. The number of aliphatic hydroxyl groups excluding tert-OH is 2. The third-order valence-electron chi connectivity index (χ3n) is 6.18. The Hall–Kier alpha value is -2.46. The van der Waals surface area contributed by atoms with Crippen molar-refractivity contribution in [3.05, 3.63) is 0 Å². The van der Waals surface area contributed by atoms with Gasteiger partial charge in [-0.25, -0.2) is 4.57 Å². The van der Waals surface area contributed by atoms with Gasteiger partial charge in [0.05, 0.1) is 25.4 Å². The van der Waals surface area contributed by atoms with Crippen LogP contribution in [-0.4, -0.2) is 122 Å². The molecule has 2 saturated heterocycles. The van der Waals surface area contributed by atoms with E-state index in [-0.39, 0.29) is 19.5 Å². The molecule has 2 fully saturated rings. The Balaban J connectivity index is 2.17. The number of phosphoric acid groups is 1. The molecule has 2 aliphatic heterocycles. The van der Waals surface area contributed by atoms with Crippen LogP contribution in [0, 0.1) is 0 Å². The molecule has 0 spiro atoms. The second-order valence-electron chi connectivity index (χ2n) is 8.93. The van der Waals surface area contributed by atoms with Crippen LogP contribution >= 0.6 is 7.82 Å². The van der Waals surface area contributed by atoms with Crippen LogP contribution < -0.4 is 16.4 Å². The number of rotatable bonds is 12. The number of phosphoric ester groups is 1. The fourth-order valence-corrected chi connectivity index (χ4v) is 4.61. The van der Waals surface area contributed by atoms with Crippen molar-refractivity contribution in [1.82, 2.24) is 20.4 Å². The first kappa shape index (κ1) is 30.8. The fraction of sp³-hybridized carbons (Fsp3) is 0.750. The zero-order valence-electron chi connectivity index (χ0n) is 20.3. The SMILES string of the molecule is C[C@@H](O)[C@H](NC(=O)[C@@H]1CCCN1C(=O)[C@@H](N)CO)C(=O)N[C@@H](COP(=O)(O)O)C(=O)N1CCC[C@H]1C=O. The lowest BCUT2D eigenvalue weighted by molar-refractivity contribution is -0.143. The molecule has 17 heteroatoms. The second-order valence-corrected chi connectivity index (χ2v) is 10.2. The Labute approximate surface area is 212 Å². The first-order valence-corrected chi connectivity index (χ1v) is 13.2. The Morgan fingerprint density at radius 3 is 2.30 bits per heavy atom. The van der Waals surface area contributed by atoms with Crippen LogP contribution in [0.2, 0.25) is 0 Å². The fourth-order valence-electron chi connectivity index (χ4n) is 4.26. The summed E-state index contributed by atoms with van der Waals surface area (Å²) in [6.07, 6.45) is 0.628. The van der Waals surface area contributed by atoms with Crippen molar-refractivity contribution in [2.24, 2.45) is 5.73 Å². The van der Waals surface area contributed by atoms with Crippen molar-refractivity contribution >= 4 is 37.7 Å². The quantitative estimate of drug-likeness (QED) is 0.0904. The van der Waals surface area contributed by atoms with Crippen molar-refractivity contribution in [2.75, 3.05) is 26.3 Å². The maximum atomic E-state index is 13.0. The Morgan fingerprint density at radius 1 is 1.11 bits per heavy atom. The van der Waals surface area contributed by atoms with E-state index < -0.39 is 81.0 Å². The summed E-state index contributed by atoms with van der Waals surface area (Å²) in [6, 6.07) is -6.31. The monoisotopic (exact) mass is 551 g/mol. The number of nitrogens with zero attached hydrogens (tertiary/aromatic N) is 2. The highest BCUT2D eigenvalue weighted by Crippen LogP contribution is 2.35. The van der Waals surface area contributed by atoms with Crippen LogP contribution in [0.3, 0.4) is 0 Å². The summed E-state index contributed by atoms with van der Waals surface area (Å²) in [6.45, 7) is -0.0176. The molecule has 0 aromatic heterocycles. The summed E-state index contributed by atoms with van der Waals surface area (Å²) < 4.78 is 15.6. The minimum absolute atomic E-state index is 0.169. The third kappa shape index (κ3) is 8.26. The average Bonchev–Trinajstić information content (AvgIpc) is 3.52. The van der Waals surface area contributed by atoms with Crippen LogP contribution in [0.1, 0.15) is 32.6 Å². The minimum atomic E-state index is -5.04.